The first kappa shape index (κ1) is 13.0. The van der Waals surface area contributed by atoms with Gasteiger partial charge in [-0.05, 0) is 44.0 Å². The molecule has 3 nitrogen and oxygen atoms in total. The summed E-state index contributed by atoms with van der Waals surface area (Å²) in [4.78, 5) is 0. The van der Waals surface area contributed by atoms with Crippen LogP contribution in [0.25, 0.3) is 0 Å². The highest BCUT2D eigenvalue weighted by atomic mass is 16.5. The molecule has 0 saturated carbocycles. The lowest BCUT2D eigenvalue weighted by atomic mass is 10.1. The summed E-state index contributed by atoms with van der Waals surface area (Å²) in [7, 11) is 0. The molecule has 1 unspecified atom stereocenters. The first-order chi connectivity index (χ1) is 8.95. The van der Waals surface area contributed by atoms with E-state index in [9.17, 15) is 0 Å². The number of ether oxygens (including phenoxy) is 2. The summed E-state index contributed by atoms with van der Waals surface area (Å²) in [5.41, 5.74) is 0. The average molecular weight is 247 g/mol. The van der Waals surface area contributed by atoms with E-state index >= 15 is 0 Å². The third-order valence-electron chi connectivity index (χ3n) is 2.90. The number of allylic oxidation sites excluding steroid dienone is 1. The van der Waals surface area contributed by atoms with Crippen molar-refractivity contribution in [1.82, 2.24) is 5.32 Å². The van der Waals surface area contributed by atoms with Crippen LogP contribution in [0.5, 0.6) is 5.75 Å². The fraction of sp³-hybridized carbons (Fsp3) is 0.467. The molecule has 98 valence electrons. The van der Waals surface area contributed by atoms with Gasteiger partial charge in [-0.3, -0.25) is 0 Å². The third-order valence-corrected chi connectivity index (χ3v) is 2.90. The molecule has 1 aliphatic heterocycles. The fourth-order valence-corrected chi connectivity index (χ4v) is 1.90. The molecule has 3 heteroatoms. The van der Waals surface area contributed by atoms with Crippen LogP contribution in [0.1, 0.15) is 19.3 Å². The molecule has 0 aliphatic carbocycles. The van der Waals surface area contributed by atoms with E-state index in [0.717, 1.165) is 44.7 Å². The molecule has 0 saturated heterocycles. The van der Waals surface area contributed by atoms with Gasteiger partial charge in [0.25, 0.3) is 0 Å². The van der Waals surface area contributed by atoms with Crippen LogP contribution in [0.2, 0.25) is 0 Å². The van der Waals surface area contributed by atoms with Crippen LogP contribution in [0.4, 0.5) is 0 Å². The fourth-order valence-electron chi connectivity index (χ4n) is 1.90. The molecule has 1 N–H and O–H groups in total. The van der Waals surface area contributed by atoms with E-state index in [1.54, 1.807) is 0 Å². The van der Waals surface area contributed by atoms with Crippen LogP contribution in [-0.4, -0.2) is 25.8 Å². The van der Waals surface area contributed by atoms with Crippen LogP contribution in [0, 0.1) is 0 Å². The molecule has 0 bridgehead atoms. The first-order valence-electron chi connectivity index (χ1n) is 6.64. The zero-order valence-corrected chi connectivity index (χ0v) is 10.7. The van der Waals surface area contributed by atoms with E-state index in [1.807, 2.05) is 36.6 Å². The van der Waals surface area contributed by atoms with E-state index in [2.05, 4.69) is 11.4 Å². The molecule has 0 radical (unpaired) electrons. The predicted molar refractivity (Wildman–Crippen MR) is 72.7 cm³/mol. The molecule has 1 atom stereocenters. The van der Waals surface area contributed by atoms with Crippen molar-refractivity contribution in [2.24, 2.45) is 0 Å². The Morgan fingerprint density at radius 2 is 2.17 bits per heavy atom. The molecule has 1 heterocycles. The molecule has 0 spiro atoms. The number of hydrogen-bond donors (Lipinski definition) is 1. The third kappa shape index (κ3) is 4.80. The van der Waals surface area contributed by atoms with Crippen molar-refractivity contribution in [3.8, 4) is 5.75 Å². The zero-order chi connectivity index (χ0) is 12.5. The van der Waals surface area contributed by atoms with Gasteiger partial charge in [0.1, 0.15) is 11.9 Å². The lowest BCUT2D eigenvalue weighted by molar-refractivity contribution is 0.122. The molecule has 1 aromatic carbocycles. The van der Waals surface area contributed by atoms with E-state index in [4.69, 9.17) is 9.47 Å². The smallest absolute Gasteiger partial charge is 0.119 e. The lowest BCUT2D eigenvalue weighted by Gasteiger charge is -2.19. The minimum absolute atomic E-state index is 0.338. The Balaban J connectivity index is 1.48. The largest absolute Gasteiger partial charge is 0.497 e. The molecule has 18 heavy (non-hydrogen) atoms. The molecular formula is C15H21NO2. The number of hydrogen-bond acceptors (Lipinski definition) is 3. The van der Waals surface area contributed by atoms with Gasteiger partial charge in [0.2, 0.25) is 0 Å². The molecule has 0 aromatic heterocycles. The van der Waals surface area contributed by atoms with Crippen LogP contribution in [-0.2, 0) is 4.74 Å². The maximum absolute atomic E-state index is 5.62. The molecule has 0 amide bonds. The van der Waals surface area contributed by atoms with E-state index in [1.165, 1.54) is 0 Å². The second-order valence-corrected chi connectivity index (χ2v) is 4.43. The van der Waals surface area contributed by atoms with Crippen LogP contribution in [0.15, 0.2) is 42.7 Å². The zero-order valence-electron chi connectivity index (χ0n) is 10.7. The van der Waals surface area contributed by atoms with Crippen molar-refractivity contribution in [2.75, 3.05) is 19.7 Å². The molecule has 1 aliphatic rings. The minimum Gasteiger partial charge on any atom is -0.497 e. The van der Waals surface area contributed by atoms with Crippen LogP contribution >= 0.6 is 0 Å². The van der Waals surface area contributed by atoms with Gasteiger partial charge in [0.05, 0.1) is 12.9 Å². The summed E-state index contributed by atoms with van der Waals surface area (Å²) in [6, 6.07) is 9.93. The van der Waals surface area contributed by atoms with Crippen molar-refractivity contribution < 1.29 is 9.47 Å². The highest BCUT2D eigenvalue weighted by molar-refractivity contribution is 5.20. The van der Waals surface area contributed by atoms with Gasteiger partial charge in [-0.2, -0.15) is 0 Å². The van der Waals surface area contributed by atoms with E-state index in [0.29, 0.717) is 6.10 Å². The Kier molecular flexibility index (Phi) is 5.60. The number of benzene rings is 1. The Hall–Kier alpha value is -1.48. The average Bonchev–Trinajstić information content (AvgIpc) is 2.45. The quantitative estimate of drug-likeness (QED) is 0.751. The van der Waals surface area contributed by atoms with Crippen molar-refractivity contribution in [3.05, 3.63) is 42.7 Å². The van der Waals surface area contributed by atoms with Gasteiger partial charge in [-0.25, -0.2) is 0 Å². The summed E-state index contributed by atoms with van der Waals surface area (Å²) in [5, 5.41) is 3.40. The van der Waals surface area contributed by atoms with Gasteiger partial charge in [0, 0.05) is 6.54 Å². The van der Waals surface area contributed by atoms with Crippen molar-refractivity contribution >= 4 is 0 Å². The van der Waals surface area contributed by atoms with Crippen molar-refractivity contribution in [1.29, 1.82) is 0 Å². The van der Waals surface area contributed by atoms with E-state index in [-0.39, 0.29) is 0 Å². The van der Waals surface area contributed by atoms with Gasteiger partial charge in [0.15, 0.2) is 0 Å². The maximum Gasteiger partial charge on any atom is 0.119 e. The number of nitrogens with one attached hydrogen (secondary N) is 1. The summed E-state index contributed by atoms with van der Waals surface area (Å²) in [6.45, 7) is 2.65. The molecule has 2 rings (SSSR count). The summed E-state index contributed by atoms with van der Waals surface area (Å²) < 4.78 is 11.1. The topological polar surface area (TPSA) is 30.5 Å². The van der Waals surface area contributed by atoms with E-state index < -0.39 is 0 Å². The van der Waals surface area contributed by atoms with Crippen LogP contribution < -0.4 is 10.1 Å². The lowest BCUT2D eigenvalue weighted by Crippen LogP contribution is -2.30. The number of para-hydroxylation sites is 1. The second kappa shape index (κ2) is 7.77. The Labute approximate surface area is 109 Å². The highest BCUT2D eigenvalue weighted by Crippen LogP contribution is 2.09. The van der Waals surface area contributed by atoms with Crippen molar-refractivity contribution in [3.63, 3.8) is 0 Å². The van der Waals surface area contributed by atoms with Gasteiger partial charge < -0.3 is 14.8 Å². The molecule has 1 aromatic rings. The second-order valence-electron chi connectivity index (χ2n) is 4.43. The molecule has 0 fully saturated rings. The van der Waals surface area contributed by atoms with Gasteiger partial charge in [-0.15, -0.1) is 0 Å². The predicted octanol–water partition coefficient (Wildman–Crippen LogP) is 2.74. The van der Waals surface area contributed by atoms with Crippen LogP contribution in [0.3, 0.4) is 0 Å². The van der Waals surface area contributed by atoms with Crippen molar-refractivity contribution in [2.45, 2.75) is 25.4 Å². The van der Waals surface area contributed by atoms with Gasteiger partial charge in [-0.1, -0.05) is 18.2 Å². The Morgan fingerprint density at radius 3 is 2.94 bits per heavy atom. The standard InChI is InChI=1S/C15H21NO2/c1-2-7-14(8-3-1)17-12-6-10-16-13-15-9-4-5-11-18-15/h1-3,5,7-8,11,15-16H,4,6,9-10,12-13H2. The Morgan fingerprint density at radius 1 is 1.28 bits per heavy atom. The SMILES string of the molecule is C1=COC(CNCCCOc2ccccc2)CC1. The highest BCUT2D eigenvalue weighted by Gasteiger charge is 2.09. The summed E-state index contributed by atoms with van der Waals surface area (Å²) in [5.74, 6) is 0.943. The van der Waals surface area contributed by atoms with Gasteiger partial charge >= 0.3 is 0 Å². The number of rotatable bonds is 7. The summed E-state index contributed by atoms with van der Waals surface area (Å²) in [6.07, 6.45) is 7.48. The first-order valence-corrected chi connectivity index (χ1v) is 6.64. The maximum atomic E-state index is 5.62. The monoisotopic (exact) mass is 247 g/mol. The summed E-state index contributed by atoms with van der Waals surface area (Å²) >= 11 is 0. The normalized spacial score (nSPS) is 18.3. The Bertz CT molecular complexity index is 351. The molecular weight excluding hydrogens is 226 g/mol. The minimum atomic E-state index is 0.338.